The topological polar surface area (TPSA) is 85.1 Å². The number of rotatable bonds is 5. The SMILES string of the molecule is O=S(=O)(NCc1cccnc1)c1ccc(-c2cc(C(F)(F)F)on2)s1. The number of nitrogens with one attached hydrogen (secondary N) is 1. The first-order valence-electron chi connectivity index (χ1n) is 6.78. The molecule has 0 amide bonds. The average Bonchev–Trinajstić information content (AvgIpc) is 3.22. The number of nitrogens with zero attached hydrogens (tertiary/aromatic N) is 2. The summed E-state index contributed by atoms with van der Waals surface area (Å²) in [5, 5.41) is 3.33. The molecule has 132 valence electrons. The highest BCUT2D eigenvalue weighted by Crippen LogP contribution is 2.35. The van der Waals surface area contributed by atoms with E-state index < -0.39 is 22.0 Å². The Morgan fingerprint density at radius 1 is 1.24 bits per heavy atom. The smallest absolute Gasteiger partial charge is 0.351 e. The Kier molecular flexibility index (Phi) is 4.62. The second-order valence-electron chi connectivity index (χ2n) is 4.88. The Hall–Kier alpha value is -2.24. The van der Waals surface area contributed by atoms with Crippen LogP contribution in [0.3, 0.4) is 0 Å². The molecule has 1 N–H and O–H groups in total. The highest BCUT2D eigenvalue weighted by Gasteiger charge is 2.36. The molecule has 0 spiro atoms. The van der Waals surface area contributed by atoms with Gasteiger partial charge in [-0.2, -0.15) is 13.2 Å². The van der Waals surface area contributed by atoms with Gasteiger partial charge in [0.2, 0.25) is 15.8 Å². The standard InChI is InChI=1S/C14H10F3N3O3S2/c15-14(16,17)12-6-10(20-23-12)11-3-4-13(24-11)25(21,22)19-8-9-2-1-5-18-7-9/h1-7,19H,8H2. The van der Waals surface area contributed by atoms with Crippen molar-refractivity contribution < 1.29 is 26.1 Å². The van der Waals surface area contributed by atoms with Crippen LogP contribution < -0.4 is 4.72 Å². The van der Waals surface area contributed by atoms with Gasteiger partial charge >= 0.3 is 6.18 Å². The third kappa shape index (κ3) is 4.06. The number of alkyl halides is 3. The molecule has 0 aliphatic carbocycles. The third-order valence-corrected chi connectivity index (χ3v) is 6.08. The maximum atomic E-state index is 12.5. The summed E-state index contributed by atoms with van der Waals surface area (Å²) in [6.07, 6.45) is -1.56. The van der Waals surface area contributed by atoms with E-state index in [0.717, 1.165) is 17.4 Å². The van der Waals surface area contributed by atoms with Crippen molar-refractivity contribution in [2.24, 2.45) is 0 Å². The Morgan fingerprint density at radius 3 is 2.68 bits per heavy atom. The lowest BCUT2D eigenvalue weighted by molar-refractivity contribution is -0.155. The van der Waals surface area contributed by atoms with E-state index in [-0.39, 0.29) is 21.3 Å². The maximum Gasteiger partial charge on any atom is 0.452 e. The Bertz CT molecular complexity index is 966. The van der Waals surface area contributed by atoms with Crippen LogP contribution in [0.2, 0.25) is 0 Å². The van der Waals surface area contributed by atoms with Crippen LogP contribution >= 0.6 is 11.3 Å². The molecular formula is C14H10F3N3O3S2. The van der Waals surface area contributed by atoms with Gasteiger partial charge in [0.05, 0.1) is 4.88 Å². The Morgan fingerprint density at radius 2 is 2.04 bits per heavy atom. The normalized spacial score (nSPS) is 12.4. The van der Waals surface area contributed by atoms with Crippen LogP contribution in [0, 0.1) is 0 Å². The van der Waals surface area contributed by atoms with E-state index >= 15 is 0 Å². The van der Waals surface area contributed by atoms with Gasteiger partial charge in [0, 0.05) is 25.0 Å². The van der Waals surface area contributed by atoms with Gasteiger partial charge in [-0.1, -0.05) is 11.2 Å². The van der Waals surface area contributed by atoms with Crippen LogP contribution in [-0.2, 0) is 22.7 Å². The number of pyridine rings is 1. The summed E-state index contributed by atoms with van der Waals surface area (Å²) in [5.41, 5.74) is 0.597. The lowest BCUT2D eigenvalue weighted by Gasteiger charge is -2.04. The molecule has 0 bridgehead atoms. The molecule has 0 saturated heterocycles. The third-order valence-electron chi connectivity index (χ3n) is 3.08. The van der Waals surface area contributed by atoms with Gasteiger partial charge in [0.15, 0.2) is 0 Å². The fourth-order valence-corrected chi connectivity index (χ4v) is 4.20. The summed E-state index contributed by atoms with van der Waals surface area (Å²) in [5.74, 6) is -1.24. The molecule has 0 saturated carbocycles. The van der Waals surface area contributed by atoms with Crippen molar-refractivity contribution in [2.45, 2.75) is 16.9 Å². The first kappa shape index (κ1) is 17.6. The van der Waals surface area contributed by atoms with Crippen LogP contribution in [0.15, 0.2) is 51.5 Å². The van der Waals surface area contributed by atoms with E-state index in [9.17, 15) is 21.6 Å². The van der Waals surface area contributed by atoms with E-state index in [0.29, 0.717) is 5.56 Å². The van der Waals surface area contributed by atoms with Crippen molar-refractivity contribution in [1.82, 2.24) is 14.9 Å². The van der Waals surface area contributed by atoms with Crippen LogP contribution in [0.25, 0.3) is 10.6 Å². The number of aromatic nitrogens is 2. The van der Waals surface area contributed by atoms with Crippen LogP contribution in [0.5, 0.6) is 0 Å². The van der Waals surface area contributed by atoms with E-state index in [4.69, 9.17) is 0 Å². The van der Waals surface area contributed by atoms with Crippen molar-refractivity contribution in [3.8, 4) is 10.6 Å². The summed E-state index contributed by atoms with van der Waals surface area (Å²) >= 11 is 0.796. The van der Waals surface area contributed by atoms with Gasteiger partial charge in [-0.05, 0) is 23.8 Å². The molecule has 0 fully saturated rings. The van der Waals surface area contributed by atoms with Crippen LogP contribution in [0.1, 0.15) is 11.3 Å². The van der Waals surface area contributed by atoms with Gasteiger partial charge in [-0.25, -0.2) is 13.1 Å². The predicted octanol–water partition coefficient (Wildman–Crippen LogP) is 3.30. The molecule has 0 aliphatic rings. The number of thiophene rings is 1. The van der Waals surface area contributed by atoms with Gasteiger partial charge in [-0.15, -0.1) is 11.3 Å². The summed E-state index contributed by atoms with van der Waals surface area (Å²) in [6, 6.07) is 6.79. The van der Waals surface area contributed by atoms with E-state index in [1.54, 1.807) is 18.3 Å². The molecule has 0 aromatic carbocycles. The van der Waals surface area contributed by atoms with Gasteiger partial charge < -0.3 is 4.52 Å². The molecule has 6 nitrogen and oxygen atoms in total. The van der Waals surface area contributed by atoms with Crippen molar-refractivity contribution in [2.75, 3.05) is 0 Å². The fourth-order valence-electron chi connectivity index (χ4n) is 1.88. The number of sulfonamides is 1. The zero-order valence-electron chi connectivity index (χ0n) is 12.3. The van der Waals surface area contributed by atoms with Crippen molar-refractivity contribution in [3.63, 3.8) is 0 Å². The molecule has 11 heteroatoms. The van der Waals surface area contributed by atoms with Gasteiger partial charge in [-0.3, -0.25) is 4.98 Å². The lowest BCUT2D eigenvalue weighted by Crippen LogP contribution is -2.22. The molecule has 3 aromatic heterocycles. The molecule has 3 aromatic rings. The summed E-state index contributed by atoms with van der Waals surface area (Å²) in [6.45, 7) is 0.0472. The minimum Gasteiger partial charge on any atom is -0.351 e. The second-order valence-corrected chi connectivity index (χ2v) is 7.96. The predicted molar refractivity (Wildman–Crippen MR) is 83.1 cm³/mol. The molecule has 3 heterocycles. The Labute approximate surface area is 144 Å². The summed E-state index contributed by atoms with van der Waals surface area (Å²) in [7, 11) is -3.81. The first-order chi connectivity index (χ1) is 11.8. The zero-order chi connectivity index (χ0) is 18.1. The highest BCUT2D eigenvalue weighted by molar-refractivity contribution is 7.91. The summed E-state index contributed by atoms with van der Waals surface area (Å²) < 4.78 is 68.7. The molecule has 25 heavy (non-hydrogen) atoms. The molecular weight excluding hydrogens is 379 g/mol. The van der Waals surface area contributed by atoms with Crippen molar-refractivity contribution in [1.29, 1.82) is 0 Å². The van der Waals surface area contributed by atoms with Crippen LogP contribution in [0.4, 0.5) is 13.2 Å². The Balaban J connectivity index is 1.77. The average molecular weight is 389 g/mol. The van der Waals surface area contributed by atoms with Crippen molar-refractivity contribution >= 4 is 21.4 Å². The number of halogens is 3. The quantitative estimate of drug-likeness (QED) is 0.724. The maximum absolute atomic E-state index is 12.5. The number of hydrogen-bond acceptors (Lipinski definition) is 6. The second kappa shape index (κ2) is 6.58. The zero-order valence-corrected chi connectivity index (χ0v) is 14.0. The lowest BCUT2D eigenvalue weighted by atomic mass is 10.3. The van der Waals surface area contributed by atoms with E-state index in [1.807, 2.05) is 0 Å². The van der Waals surface area contributed by atoms with Crippen molar-refractivity contribution in [3.05, 3.63) is 54.0 Å². The molecule has 0 atom stereocenters. The molecule has 0 radical (unpaired) electrons. The van der Waals surface area contributed by atoms with E-state index in [1.165, 1.54) is 18.3 Å². The minimum absolute atomic E-state index is 0.0389. The van der Waals surface area contributed by atoms with E-state index in [2.05, 4.69) is 19.4 Å². The monoisotopic (exact) mass is 389 g/mol. The van der Waals surface area contributed by atoms with Crippen LogP contribution in [-0.4, -0.2) is 18.6 Å². The highest BCUT2D eigenvalue weighted by atomic mass is 32.2. The molecule has 3 rings (SSSR count). The fraction of sp³-hybridized carbons (Fsp3) is 0.143. The minimum atomic E-state index is -4.65. The van der Waals surface area contributed by atoms with Gasteiger partial charge in [0.1, 0.15) is 9.90 Å². The first-order valence-corrected chi connectivity index (χ1v) is 9.08. The largest absolute Gasteiger partial charge is 0.452 e. The number of hydrogen-bond donors (Lipinski definition) is 1. The molecule has 0 unspecified atom stereocenters. The summed E-state index contributed by atoms with van der Waals surface area (Å²) in [4.78, 5) is 4.13. The van der Waals surface area contributed by atoms with Gasteiger partial charge in [0.25, 0.3) is 0 Å². The molecule has 0 aliphatic heterocycles.